The number of unbranched alkanes of at least 4 members (excludes halogenated alkanes) is 11. The van der Waals surface area contributed by atoms with Crippen LogP contribution in [-0.4, -0.2) is 29.2 Å². The molecule has 0 aliphatic rings. The van der Waals surface area contributed by atoms with Crippen LogP contribution in [-0.2, 0) is 10.4 Å². The van der Waals surface area contributed by atoms with Gasteiger partial charge in [-0.3, -0.25) is 9.11 Å². The molecule has 0 heterocycles. The largest absolute Gasteiger partial charge is 0.396 e. The maximum atomic E-state index is 8.74. The van der Waals surface area contributed by atoms with Gasteiger partial charge in [0.15, 0.2) is 0 Å². The van der Waals surface area contributed by atoms with E-state index < -0.39 is 10.4 Å². The van der Waals surface area contributed by atoms with Gasteiger partial charge in [0.2, 0.25) is 0 Å². The Kier molecular flexibility index (Phi) is 24.2. The van der Waals surface area contributed by atoms with Crippen molar-refractivity contribution in [3.05, 3.63) is 0 Å². The van der Waals surface area contributed by atoms with Gasteiger partial charge in [0.1, 0.15) is 0 Å². The lowest BCUT2D eigenvalue weighted by molar-refractivity contribution is 0.282. The predicted molar refractivity (Wildman–Crippen MR) is 87.4 cm³/mol. The van der Waals surface area contributed by atoms with E-state index in [2.05, 4.69) is 6.92 Å². The first-order valence-corrected chi connectivity index (χ1v) is 9.12. The SMILES string of the molecule is CCCCCCCCCCCCCCO.N.O=S(=O)(O)O. The zero-order valence-corrected chi connectivity index (χ0v) is 14.3. The summed E-state index contributed by atoms with van der Waals surface area (Å²) in [4.78, 5) is 0. The van der Waals surface area contributed by atoms with Gasteiger partial charge in [0, 0.05) is 6.61 Å². The van der Waals surface area contributed by atoms with Gasteiger partial charge >= 0.3 is 10.4 Å². The van der Waals surface area contributed by atoms with Gasteiger partial charge < -0.3 is 11.3 Å². The van der Waals surface area contributed by atoms with Crippen LogP contribution >= 0.6 is 0 Å². The Hall–Kier alpha value is -0.210. The Morgan fingerprint density at radius 3 is 1.14 bits per heavy atom. The first-order valence-electron chi connectivity index (χ1n) is 7.72. The summed E-state index contributed by atoms with van der Waals surface area (Å²) in [6.07, 6.45) is 16.2. The fourth-order valence-electron chi connectivity index (χ4n) is 1.95. The maximum absolute atomic E-state index is 8.74. The molecule has 0 bridgehead atoms. The summed E-state index contributed by atoms with van der Waals surface area (Å²) in [5, 5.41) is 8.61. The van der Waals surface area contributed by atoms with Gasteiger partial charge in [-0.2, -0.15) is 8.42 Å². The molecule has 0 aromatic rings. The van der Waals surface area contributed by atoms with Crippen LogP contribution in [0.25, 0.3) is 0 Å². The van der Waals surface area contributed by atoms with Crippen molar-refractivity contribution in [1.29, 1.82) is 0 Å². The molecule has 0 rings (SSSR count). The van der Waals surface area contributed by atoms with Crippen LogP contribution in [0.5, 0.6) is 0 Å². The number of hydrogen-bond acceptors (Lipinski definition) is 4. The fraction of sp³-hybridized carbons (Fsp3) is 1.00. The summed E-state index contributed by atoms with van der Waals surface area (Å²) in [6.45, 7) is 2.64. The van der Waals surface area contributed by atoms with Crippen LogP contribution in [0.2, 0.25) is 0 Å². The molecular formula is C14H35NO5S. The first-order chi connectivity index (χ1) is 9.41. The lowest BCUT2D eigenvalue weighted by atomic mass is 10.1. The highest BCUT2D eigenvalue weighted by Gasteiger charge is 1.92. The minimum absolute atomic E-state index is 0. The standard InChI is InChI=1S/C14H30O.H3N.H2O4S/c1-2-3-4-5-6-7-8-9-10-11-12-13-14-15;;1-5(2,3)4/h15H,2-14H2,1H3;1H3;(H2,1,2,3,4). The van der Waals surface area contributed by atoms with Crippen molar-refractivity contribution in [3.63, 3.8) is 0 Å². The van der Waals surface area contributed by atoms with E-state index in [1.165, 1.54) is 70.6 Å². The number of rotatable bonds is 12. The van der Waals surface area contributed by atoms with Crippen molar-refractivity contribution < 1.29 is 22.6 Å². The minimum atomic E-state index is -4.67. The van der Waals surface area contributed by atoms with Crippen molar-refractivity contribution in [2.75, 3.05) is 6.61 Å². The summed E-state index contributed by atoms with van der Waals surface area (Å²) < 4.78 is 31.6. The number of aliphatic hydroxyl groups is 1. The summed E-state index contributed by atoms with van der Waals surface area (Å²) in [7, 11) is -4.67. The van der Waals surface area contributed by atoms with Gasteiger partial charge in [0.05, 0.1) is 0 Å². The van der Waals surface area contributed by atoms with E-state index in [0.717, 1.165) is 6.42 Å². The molecule has 0 aromatic carbocycles. The number of aliphatic hydroxyl groups excluding tert-OH is 1. The Morgan fingerprint density at radius 1 is 0.667 bits per heavy atom. The molecule has 6 nitrogen and oxygen atoms in total. The van der Waals surface area contributed by atoms with Gasteiger partial charge in [-0.25, -0.2) is 0 Å². The van der Waals surface area contributed by atoms with Gasteiger partial charge in [-0.15, -0.1) is 0 Å². The third kappa shape index (κ3) is 45.1. The molecule has 7 heteroatoms. The molecule has 0 unspecified atom stereocenters. The lowest BCUT2D eigenvalue weighted by Crippen LogP contribution is -1.89. The third-order valence-corrected chi connectivity index (χ3v) is 3.01. The highest BCUT2D eigenvalue weighted by Crippen LogP contribution is 2.11. The van der Waals surface area contributed by atoms with E-state index in [9.17, 15) is 0 Å². The predicted octanol–water partition coefficient (Wildman–Crippen LogP) is 4.19. The Balaban J connectivity index is -0.000000465. The maximum Gasteiger partial charge on any atom is 0.394 e. The molecule has 132 valence electrons. The van der Waals surface area contributed by atoms with Crippen LogP contribution in [0.15, 0.2) is 0 Å². The second-order valence-corrected chi connectivity index (χ2v) is 5.96. The Labute approximate surface area is 130 Å². The molecule has 0 saturated heterocycles. The van der Waals surface area contributed by atoms with Crippen molar-refractivity contribution >= 4 is 10.4 Å². The Morgan fingerprint density at radius 2 is 0.905 bits per heavy atom. The smallest absolute Gasteiger partial charge is 0.394 e. The van der Waals surface area contributed by atoms with Crippen LogP contribution in [0.1, 0.15) is 84.0 Å². The molecule has 0 fully saturated rings. The fourth-order valence-corrected chi connectivity index (χ4v) is 1.95. The molecule has 0 spiro atoms. The van der Waals surface area contributed by atoms with Crippen LogP contribution in [0, 0.1) is 0 Å². The molecule has 0 aliphatic carbocycles. The van der Waals surface area contributed by atoms with Crippen molar-refractivity contribution in [2.24, 2.45) is 0 Å². The molecule has 0 atom stereocenters. The van der Waals surface area contributed by atoms with E-state index in [0.29, 0.717) is 6.61 Å². The van der Waals surface area contributed by atoms with Gasteiger partial charge in [0.25, 0.3) is 0 Å². The molecule has 0 saturated carbocycles. The summed E-state index contributed by atoms with van der Waals surface area (Å²) in [5.74, 6) is 0. The van der Waals surface area contributed by atoms with E-state index in [-0.39, 0.29) is 6.15 Å². The number of hydrogen-bond donors (Lipinski definition) is 4. The average molecular weight is 330 g/mol. The lowest BCUT2D eigenvalue weighted by Gasteiger charge is -2.01. The topological polar surface area (TPSA) is 130 Å². The first kappa shape index (κ1) is 25.7. The molecule has 0 radical (unpaired) electrons. The summed E-state index contributed by atoms with van der Waals surface area (Å²) >= 11 is 0. The van der Waals surface area contributed by atoms with E-state index in [4.69, 9.17) is 22.6 Å². The zero-order chi connectivity index (χ0) is 15.7. The molecular weight excluding hydrogens is 294 g/mol. The molecule has 0 aromatic heterocycles. The van der Waals surface area contributed by atoms with Gasteiger partial charge in [-0.1, -0.05) is 77.6 Å². The van der Waals surface area contributed by atoms with Gasteiger partial charge in [-0.05, 0) is 6.42 Å². The average Bonchev–Trinajstić information content (AvgIpc) is 2.34. The van der Waals surface area contributed by atoms with Crippen molar-refractivity contribution in [1.82, 2.24) is 6.15 Å². The van der Waals surface area contributed by atoms with Crippen LogP contribution in [0.3, 0.4) is 0 Å². The zero-order valence-electron chi connectivity index (χ0n) is 13.5. The molecule has 0 amide bonds. The monoisotopic (exact) mass is 329 g/mol. The molecule has 6 N–H and O–H groups in total. The van der Waals surface area contributed by atoms with Crippen molar-refractivity contribution in [3.8, 4) is 0 Å². The Bertz CT molecular complexity index is 251. The summed E-state index contributed by atoms with van der Waals surface area (Å²) in [6, 6.07) is 0. The normalized spacial score (nSPS) is 10.5. The van der Waals surface area contributed by atoms with Crippen LogP contribution in [0.4, 0.5) is 0 Å². The van der Waals surface area contributed by atoms with E-state index in [1.54, 1.807) is 0 Å². The quantitative estimate of drug-likeness (QED) is 0.314. The second kappa shape index (κ2) is 19.8. The third-order valence-electron chi connectivity index (χ3n) is 3.01. The molecule has 0 aliphatic heterocycles. The molecule has 21 heavy (non-hydrogen) atoms. The van der Waals surface area contributed by atoms with E-state index in [1.807, 2.05) is 0 Å². The highest BCUT2D eigenvalue weighted by atomic mass is 32.3. The summed E-state index contributed by atoms with van der Waals surface area (Å²) in [5.41, 5.74) is 0. The highest BCUT2D eigenvalue weighted by molar-refractivity contribution is 7.79. The van der Waals surface area contributed by atoms with Crippen molar-refractivity contribution in [2.45, 2.75) is 84.0 Å². The van der Waals surface area contributed by atoms with E-state index >= 15 is 0 Å². The van der Waals surface area contributed by atoms with Crippen LogP contribution < -0.4 is 6.15 Å². The minimum Gasteiger partial charge on any atom is -0.396 e. The second-order valence-electron chi connectivity index (χ2n) is 5.06.